The summed E-state index contributed by atoms with van der Waals surface area (Å²) in [5.41, 5.74) is 2.37. The van der Waals surface area contributed by atoms with Crippen molar-refractivity contribution < 1.29 is 14.2 Å². The van der Waals surface area contributed by atoms with Gasteiger partial charge in [0.2, 0.25) is 0 Å². The predicted molar refractivity (Wildman–Crippen MR) is 56.7 cm³/mol. The Hall–Kier alpha value is -0.900. The summed E-state index contributed by atoms with van der Waals surface area (Å²) in [6, 6.07) is 8.31. The van der Waals surface area contributed by atoms with Gasteiger partial charge in [-0.25, -0.2) is 0 Å². The average Bonchev–Trinajstić information content (AvgIpc) is 2.80. The van der Waals surface area contributed by atoms with Gasteiger partial charge in [-0.1, -0.05) is 24.3 Å². The van der Waals surface area contributed by atoms with E-state index in [4.69, 9.17) is 14.2 Å². The molecule has 0 aliphatic carbocycles. The molecule has 0 spiro atoms. The van der Waals surface area contributed by atoms with Crippen LogP contribution >= 0.6 is 0 Å². The maximum atomic E-state index is 5.41. The molecule has 0 atom stereocenters. The van der Waals surface area contributed by atoms with Gasteiger partial charge in [0, 0.05) is 12.7 Å². The van der Waals surface area contributed by atoms with Crippen LogP contribution in [0.4, 0.5) is 0 Å². The van der Waals surface area contributed by atoms with E-state index in [2.05, 4.69) is 24.3 Å². The number of hydrogen-bond donors (Lipinski definition) is 0. The molecule has 3 heteroatoms. The third-order valence-electron chi connectivity index (χ3n) is 2.47. The van der Waals surface area contributed by atoms with Gasteiger partial charge in [0.25, 0.3) is 0 Å². The van der Waals surface area contributed by atoms with Crippen LogP contribution in [-0.2, 0) is 20.6 Å². The van der Waals surface area contributed by atoms with Crippen LogP contribution in [0.25, 0.3) is 0 Å². The highest BCUT2D eigenvalue weighted by Crippen LogP contribution is 2.23. The molecule has 1 aliphatic rings. The van der Waals surface area contributed by atoms with Crippen molar-refractivity contribution in [3.8, 4) is 0 Å². The Bertz CT molecular complexity index is 288. The van der Waals surface area contributed by atoms with Crippen LogP contribution in [0.1, 0.15) is 17.4 Å². The van der Waals surface area contributed by atoms with Gasteiger partial charge in [-0.05, 0) is 12.0 Å². The van der Waals surface area contributed by atoms with Crippen molar-refractivity contribution in [2.24, 2.45) is 0 Å². The Morgan fingerprint density at radius 3 is 2.47 bits per heavy atom. The van der Waals surface area contributed by atoms with E-state index in [9.17, 15) is 0 Å². The average molecular weight is 208 g/mol. The number of hydrogen-bond acceptors (Lipinski definition) is 3. The van der Waals surface area contributed by atoms with E-state index in [1.54, 1.807) is 7.11 Å². The summed E-state index contributed by atoms with van der Waals surface area (Å²) in [6.45, 7) is 2.14. The van der Waals surface area contributed by atoms with Crippen LogP contribution in [0, 0.1) is 0 Å². The van der Waals surface area contributed by atoms with Crippen molar-refractivity contribution in [3.63, 3.8) is 0 Å². The van der Waals surface area contributed by atoms with Crippen molar-refractivity contribution in [2.45, 2.75) is 12.7 Å². The highest BCUT2D eigenvalue weighted by atomic mass is 16.7. The molecule has 0 saturated carbocycles. The molecule has 3 nitrogen and oxygen atoms in total. The zero-order chi connectivity index (χ0) is 10.5. The molecule has 82 valence electrons. The van der Waals surface area contributed by atoms with Gasteiger partial charge in [-0.15, -0.1) is 0 Å². The molecule has 0 bridgehead atoms. The van der Waals surface area contributed by atoms with Gasteiger partial charge in [-0.2, -0.15) is 0 Å². The van der Waals surface area contributed by atoms with Gasteiger partial charge in [0.05, 0.1) is 19.8 Å². The fourth-order valence-corrected chi connectivity index (χ4v) is 1.61. The van der Waals surface area contributed by atoms with Crippen LogP contribution in [0.2, 0.25) is 0 Å². The zero-order valence-corrected chi connectivity index (χ0v) is 8.94. The first-order chi connectivity index (χ1) is 7.40. The van der Waals surface area contributed by atoms with Gasteiger partial charge >= 0.3 is 0 Å². The Morgan fingerprint density at radius 1 is 1.20 bits per heavy atom. The van der Waals surface area contributed by atoms with Crippen LogP contribution in [0.3, 0.4) is 0 Å². The molecule has 1 heterocycles. The van der Waals surface area contributed by atoms with Crippen molar-refractivity contribution in [2.75, 3.05) is 26.9 Å². The lowest BCUT2D eigenvalue weighted by Gasteiger charge is -2.09. The predicted octanol–water partition coefficient (Wildman–Crippen LogP) is 1.92. The first kappa shape index (κ1) is 10.6. The monoisotopic (exact) mass is 208 g/mol. The molecule has 1 aromatic rings. The van der Waals surface area contributed by atoms with Crippen LogP contribution in [-0.4, -0.2) is 26.9 Å². The molecular weight excluding hydrogens is 192 g/mol. The molecule has 15 heavy (non-hydrogen) atoms. The first-order valence-corrected chi connectivity index (χ1v) is 5.21. The second-order valence-corrected chi connectivity index (χ2v) is 3.56. The highest BCUT2D eigenvalue weighted by Gasteiger charge is 2.17. The van der Waals surface area contributed by atoms with Gasteiger partial charge < -0.3 is 14.2 Å². The molecule has 0 amide bonds. The SMILES string of the molecule is COCCc1ccc(C2OCCO2)cc1. The van der Waals surface area contributed by atoms with E-state index < -0.39 is 0 Å². The largest absolute Gasteiger partial charge is 0.384 e. The molecule has 1 saturated heterocycles. The molecule has 1 aliphatic heterocycles. The topological polar surface area (TPSA) is 27.7 Å². The quantitative estimate of drug-likeness (QED) is 0.756. The molecule has 0 radical (unpaired) electrons. The van der Waals surface area contributed by atoms with Crippen LogP contribution in [0.5, 0.6) is 0 Å². The minimum Gasteiger partial charge on any atom is -0.384 e. The maximum Gasteiger partial charge on any atom is 0.184 e. The Labute approximate surface area is 90.0 Å². The summed E-state index contributed by atoms with van der Waals surface area (Å²) < 4.78 is 15.9. The summed E-state index contributed by atoms with van der Waals surface area (Å²) in [5.74, 6) is 0. The number of benzene rings is 1. The lowest BCUT2D eigenvalue weighted by Crippen LogP contribution is -1.99. The molecule has 0 aromatic heterocycles. The minimum atomic E-state index is -0.165. The van der Waals surface area contributed by atoms with Crippen molar-refractivity contribution >= 4 is 0 Å². The van der Waals surface area contributed by atoms with E-state index in [1.165, 1.54) is 5.56 Å². The number of methoxy groups -OCH3 is 1. The first-order valence-electron chi connectivity index (χ1n) is 5.21. The summed E-state index contributed by atoms with van der Waals surface area (Å²) in [6.07, 6.45) is 0.782. The third kappa shape index (κ3) is 2.78. The normalized spacial score (nSPS) is 17.1. The van der Waals surface area contributed by atoms with E-state index in [1.807, 2.05) is 0 Å². The van der Waals surface area contributed by atoms with Crippen molar-refractivity contribution in [3.05, 3.63) is 35.4 Å². The maximum absolute atomic E-state index is 5.41. The minimum absolute atomic E-state index is 0.165. The lowest BCUT2D eigenvalue weighted by atomic mass is 10.1. The molecule has 1 aromatic carbocycles. The number of ether oxygens (including phenoxy) is 3. The fraction of sp³-hybridized carbons (Fsp3) is 0.500. The van der Waals surface area contributed by atoms with Gasteiger partial charge in [0.1, 0.15) is 0 Å². The standard InChI is InChI=1S/C12H16O3/c1-13-7-6-10-2-4-11(5-3-10)12-14-8-9-15-12/h2-5,12H,6-9H2,1H3. The summed E-state index contributed by atoms with van der Waals surface area (Å²) in [7, 11) is 1.72. The summed E-state index contributed by atoms with van der Waals surface area (Å²) in [5, 5.41) is 0. The molecular formula is C12H16O3. The van der Waals surface area contributed by atoms with Gasteiger partial charge in [-0.3, -0.25) is 0 Å². The molecule has 0 N–H and O–H groups in total. The second-order valence-electron chi connectivity index (χ2n) is 3.56. The van der Waals surface area contributed by atoms with E-state index in [-0.39, 0.29) is 6.29 Å². The Kier molecular flexibility index (Phi) is 3.72. The zero-order valence-electron chi connectivity index (χ0n) is 8.94. The highest BCUT2D eigenvalue weighted by molar-refractivity contribution is 5.23. The lowest BCUT2D eigenvalue weighted by molar-refractivity contribution is -0.0441. The third-order valence-corrected chi connectivity index (χ3v) is 2.47. The van der Waals surface area contributed by atoms with E-state index in [0.29, 0.717) is 13.2 Å². The molecule has 2 rings (SSSR count). The summed E-state index contributed by atoms with van der Waals surface area (Å²) in [4.78, 5) is 0. The number of rotatable bonds is 4. The smallest absolute Gasteiger partial charge is 0.184 e. The molecule has 1 fully saturated rings. The molecule has 0 unspecified atom stereocenters. The van der Waals surface area contributed by atoms with Crippen LogP contribution in [0.15, 0.2) is 24.3 Å². The Balaban J connectivity index is 1.96. The van der Waals surface area contributed by atoms with Crippen molar-refractivity contribution in [1.82, 2.24) is 0 Å². The fourth-order valence-electron chi connectivity index (χ4n) is 1.61. The van der Waals surface area contributed by atoms with E-state index in [0.717, 1.165) is 18.6 Å². The summed E-state index contributed by atoms with van der Waals surface area (Å²) >= 11 is 0. The van der Waals surface area contributed by atoms with Gasteiger partial charge in [0.15, 0.2) is 6.29 Å². The Morgan fingerprint density at radius 2 is 1.87 bits per heavy atom. The second kappa shape index (κ2) is 5.26. The van der Waals surface area contributed by atoms with Crippen LogP contribution < -0.4 is 0 Å². The van der Waals surface area contributed by atoms with E-state index >= 15 is 0 Å². The van der Waals surface area contributed by atoms with Crippen molar-refractivity contribution in [1.29, 1.82) is 0 Å².